The minimum Gasteiger partial charge on any atom is -0.397 e. The third-order valence-electron chi connectivity index (χ3n) is 2.46. The first-order valence-electron chi connectivity index (χ1n) is 4.78. The number of nitrogens with zero attached hydrogens (tertiary/aromatic N) is 1. The van der Waals surface area contributed by atoms with E-state index in [1.807, 2.05) is 0 Å². The third kappa shape index (κ3) is 1.84. The number of hydrogen-bond donors (Lipinski definition) is 2. The molecule has 1 aliphatic carbocycles. The number of rotatable bonds is 2. The number of carbonyl (C=O) groups excluding carboxylic acids is 1. The second-order valence-corrected chi connectivity index (χ2v) is 3.58. The molecule has 1 fully saturated rings. The maximum absolute atomic E-state index is 11.5. The first kappa shape index (κ1) is 8.99. The van der Waals surface area contributed by atoms with Gasteiger partial charge in [-0.25, -0.2) is 4.98 Å². The highest BCUT2D eigenvalue weighted by molar-refractivity contribution is 5.92. The summed E-state index contributed by atoms with van der Waals surface area (Å²) in [6.07, 6.45) is 4.87. The highest BCUT2D eigenvalue weighted by Crippen LogP contribution is 2.18. The number of aromatic nitrogens is 1. The van der Waals surface area contributed by atoms with Gasteiger partial charge in [-0.2, -0.15) is 0 Å². The molecule has 1 amide bonds. The number of pyridine rings is 1. The minimum absolute atomic E-state index is 0.102. The van der Waals surface area contributed by atoms with Gasteiger partial charge in [-0.15, -0.1) is 0 Å². The molecule has 1 aromatic rings. The Labute approximate surface area is 82.5 Å². The van der Waals surface area contributed by atoms with E-state index in [2.05, 4.69) is 10.3 Å². The van der Waals surface area contributed by atoms with Crippen molar-refractivity contribution in [2.75, 3.05) is 5.73 Å². The highest BCUT2D eigenvalue weighted by atomic mass is 16.1. The van der Waals surface area contributed by atoms with Gasteiger partial charge in [0.2, 0.25) is 0 Å². The standard InChI is InChI=1S/C10H13N3O/c11-7-4-5-9(12-6-7)10(14)13-8-2-1-3-8/h4-6,8H,1-3,11H2,(H,13,14). The summed E-state index contributed by atoms with van der Waals surface area (Å²) in [7, 11) is 0. The Balaban J connectivity index is 1.99. The number of nitrogens with one attached hydrogen (secondary N) is 1. The van der Waals surface area contributed by atoms with Crippen LogP contribution in [0, 0.1) is 0 Å². The van der Waals surface area contributed by atoms with Gasteiger partial charge in [-0.05, 0) is 31.4 Å². The van der Waals surface area contributed by atoms with Gasteiger partial charge in [0.25, 0.3) is 5.91 Å². The van der Waals surface area contributed by atoms with Crippen molar-refractivity contribution in [3.63, 3.8) is 0 Å². The first-order valence-corrected chi connectivity index (χ1v) is 4.78. The van der Waals surface area contributed by atoms with Gasteiger partial charge >= 0.3 is 0 Å². The molecule has 2 rings (SSSR count). The predicted molar refractivity (Wildman–Crippen MR) is 53.8 cm³/mol. The molecule has 1 saturated carbocycles. The fourth-order valence-electron chi connectivity index (χ4n) is 1.35. The van der Waals surface area contributed by atoms with Crippen LogP contribution in [0.25, 0.3) is 0 Å². The lowest BCUT2D eigenvalue weighted by molar-refractivity contribution is 0.0912. The van der Waals surface area contributed by atoms with Crippen molar-refractivity contribution in [2.45, 2.75) is 25.3 Å². The van der Waals surface area contributed by atoms with Crippen molar-refractivity contribution >= 4 is 11.6 Å². The normalized spacial score (nSPS) is 16.0. The Morgan fingerprint density at radius 2 is 2.29 bits per heavy atom. The monoisotopic (exact) mass is 191 g/mol. The van der Waals surface area contributed by atoms with Gasteiger partial charge in [0.05, 0.1) is 11.9 Å². The smallest absolute Gasteiger partial charge is 0.270 e. The average Bonchev–Trinajstić information content (AvgIpc) is 2.12. The molecule has 0 aromatic carbocycles. The Kier molecular flexibility index (Phi) is 2.35. The Morgan fingerprint density at radius 3 is 2.79 bits per heavy atom. The van der Waals surface area contributed by atoms with Crippen LogP contribution < -0.4 is 11.1 Å². The third-order valence-corrected chi connectivity index (χ3v) is 2.46. The van der Waals surface area contributed by atoms with E-state index >= 15 is 0 Å². The molecule has 1 aromatic heterocycles. The van der Waals surface area contributed by atoms with Gasteiger partial charge in [0.1, 0.15) is 5.69 Å². The van der Waals surface area contributed by atoms with E-state index in [1.165, 1.54) is 12.6 Å². The maximum Gasteiger partial charge on any atom is 0.270 e. The second-order valence-electron chi connectivity index (χ2n) is 3.58. The lowest BCUT2D eigenvalue weighted by atomic mass is 9.93. The zero-order valence-corrected chi connectivity index (χ0v) is 7.86. The van der Waals surface area contributed by atoms with Crippen LogP contribution in [0.15, 0.2) is 18.3 Å². The summed E-state index contributed by atoms with van der Waals surface area (Å²) in [5.74, 6) is -0.102. The average molecular weight is 191 g/mol. The van der Waals surface area contributed by atoms with E-state index in [9.17, 15) is 4.79 Å². The Hall–Kier alpha value is -1.58. The van der Waals surface area contributed by atoms with Crippen LogP contribution in [0.5, 0.6) is 0 Å². The number of carbonyl (C=O) groups is 1. The van der Waals surface area contributed by atoms with Gasteiger partial charge in [-0.3, -0.25) is 4.79 Å². The summed E-state index contributed by atoms with van der Waals surface area (Å²) in [5.41, 5.74) is 6.48. The van der Waals surface area contributed by atoms with Gasteiger partial charge < -0.3 is 11.1 Å². The van der Waals surface area contributed by atoms with Crippen LogP contribution in [0.4, 0.5) is 5.69 Å². The molecule has 0 spiro atoms. The van der Waals surface area contributed by atoms with E-state index in [1.54, 1.807) is 12.1 Å². The van der Waals surface area contributed by atoms with Crippen LogP contribution in [-0.4, -0.2) is 16.9 Å². The van der Waals surface area contributed by atoms with Crippen LogP contribution in [0.3, 0.4) is 0 Å². The fraction of sp³-hybridized carbons (Fsp3) is 0.400. The van der Waals surface area contributed by atoms with Crippen LogP contribution >= 0.6 is 0 Å². The molecular weight excluding hydrogens is 178 g/mol. The summed E-state index contributed by atoms with van der Waals surface area (Å²) >= 11 is 0. The Bertz CT molecular complexity index is 330. The van der Waals surface area contributed by atoms with Crippen molar-refractivity contribution in [1.29, 1.82) is 0 Å². The topological polar surface area (TPSA) is 68.0 Å². The van der Waals surface area contributed by atoms with Crippen LogP contribution in [0.2, 0.25) is 0 Å². The number of nitrogen functional groups attached to an aromatic ring is 1. The molecule has 1 aliphatic rings. The number of hydrogen-bond acceptors (Lipinski definition) is 3. The van der Waals surface area contributed by atoms with Crippen molar-refractivity contribution in [2.24, 2.45) is 0 Å². The van der Waals surface area contributed by atoms with Crippen molar-refractivity contribution < 1.29 is 4.79 Å². The van der Waals surface area contributed by atoms with Crippen molar-refractivity contribution in [1.82, 2.24) is 10.3 Å². The molecule has 0 aliphatic heterocycles. The maximum atomic E-state index is 11.5. The number of anilines is 1. The van der Waals surface area contributed by atoms with Gasteiger partial charge in [0.15, 0.2) is 0 Å². The summed E-state index contributed by atoms with van der Waals surface area (Å²) < 4.78 is 0. The summed E-state index contributed by atoms with van der Waals surface area (Å²) in [6, 6.07) is 3.67. The molecule has 0 bridgehead atoms. The number of amides is 1. The first-order chi connectivity index (χ1) is 6.75. The molecule has 3 N–H and O–H groups in total. The SMILES string of the molecule is Nc1ccc(C(=O)NC2CCC2)nc1. The zero-order valence-electron chi connectivity index (χ0n) is 7.86. The molecule has 14 heavy (non-hydrogen) atoms. The fourth-order valence-corrected chi connectivity index (χ4v) is 1.35. The second kappa shape index (κ2) is 3.65. The van der Waals surface area contributed by atoms with E-state index in [0.29, 0.717) is 17.4 Å². The Morgan fingerprint density at radius 1 is 1.50 bits per heavy atom. The predicted octanol–water partition coefficient (Wildman–Crippen LogP) is 0.946. The molecule has 4 heteroatoms. The van der Waals surface area contributed by atoms with Gasteiger partial charge in [0, 0.05) is 6.04 Å². The van der Waals surface area contributed by atoms with Crippen LogP contribution in [0.1, 0.15) is 29.8 Å². The van der Waals surface area contributed by atoms with E-state index in [0.717, 1.165) is 12.8 Å². The van der Waals surface area contributed by atoms with E-state index in [4.69, 9.17) is 5.73 Å². The van der Waals surface area contributed by atoms with Gasteiger partial charge in [-0.1, -0.05) is 0 Å². The lowest BCUT2D eigenvalue weighted by Crippen LogP contribution is -2.39. The molecule has 4 nitrogen and oxygen atoms in total. The molecule has 1 heterocycles. The quantitative estimate of drug-likeness (QED) is 0.731. The zero-order chi connectivity index (χ0) is 9.97. The molecule has 0 radical (unpaired) electrons. The minimum atomic E-state index is -0.102. The molecule has 0 unspecified atom stereocenters. The van der Waals surface area contributed by atoms with Crippen molar-refractivity contribution in [3.8, 4) is 0 Å². The summed E-state index contributed by atoms with van der Waals surface area (Å²) in [6.45, 7) is 0. The van der Waals surface area contributed by atoms with Crippen LogP contribution in [-0.2, 0) is 0 Å². The molecular formula is C10H13N3O. The van der Waals surface area contributed by atoms with E-state index in [-0.39, 0.29) is 5.91 Å². The molecule has 0 saturated heterocycles. The lowest BCUT2D eigenvalue weighted by Gasteiger charge is -2.26. The van der Waals surface area contributed by atoms with E-state index < -0.39 is 0 Å². The van der Waals surface area contributed by atoms with Crippen molar-refractivity contribution in [3.05, 3.63) is 24.0 Å². The molecule has 0 atom stereocenters. The number of nitrogens with two attached hydrogens (primary N) is 1. The molecule has 74 valence electrons. The summed E-state index contributed by atoms with van der Waals surface area (Å²) in [4.78, 5) is 15.5. The largest absolute Gasteiger partial charge is 0.397 e. The highest BCUT2D eigenvalue weighted by Gasteiger charge is 2.20. The summed E-state index contributed by atoms with van der Waals surface area (Å²) in [5, 5.41) is 2.91.